The van der Waals surface area contributed by atoms with Crippen LogP contribution in [0.2, 0.25) is 5.02 Å². The number of rotatable bonds is 9. The molecular formula is C17H19ClO5. The molecule has 1 aliphatic rings. The normalized spacial score (nSPS) is 17.2. The number of unbranched alkanes of at least 4 members (excludes halogenated alkanes) is 3. The maximum absolute atomic E-state index is 11.8. The van der Waals surface area contributed by atoms with Crippen molar-refractivity contribution in [3.63, 3.8) is 0 Å². The van der Waals surface area contributed by atoms with Crippen LogP contribution in [0.1, 0.15) is 32.1 Å². The first-order valence-electron chi connectivity index (χ1n) is 7.68. The fourth-order valence-corrected chi connectivity index (χ4v) is 2.50. The van der Waals surface area contributed by atoms with Crippen LogP contribution < -0.4 is 4.74 Å². The minimum absolute atomic E-state index is 0.240. The van der Waals surface area contributed by atoms with Gasteiger partial charge in [-0.2, -0.15) is 0 Å². The maximum Gasteiger partial charge on any atom is 0.324 e. The van der Waals surface area contributed by atoms with Crippen LogP contribution in [0, 0.1) is 5.92 Å². The lowest BCUT2D eigenvalue weighted by Crippen LogP contribution is -2.25. The van der Waals surface area contributed by atoms with Gasteiger partial charge in [0.05, 0.1) is 6.61 Å². The van der Waals surface area contributed by atoms with Crippen LogP contribution in [0.3, 0.4) is 0 Å². The van der Waals surface area contributed by atoms with Gasteiger partial charge in [-0.25, -0.2) is 0 Å². The lowest BCUT2D eigenvalue weighted by molar-refractivity contribution is -0.144. The van der Waals surface area contributed by atoms with Crippen molar-refractivity contribution in [3.05, 3.63) is 29.3 Å². The summed E-state index contributed by atoms with van der Waals surface area (Å²) in [5.41, 5.74) is 0. The molecule has 1 aromatic rings. The van der Waals surface area contributed by atoms with Gasteiger partial charge in [0, 0.05) is 11.4 Å². The second kappa shape index (κ2) is 8.67. The number of carbonyl (C=O) groups excluding carboxylic acids is 3. The summed E-state index contributed by atoms with van der Waals surface area (Å²) in [5.74, 6) is -1.84. The van der Waals surface area contributed by atoms with E-state index in [2.05, 4.69) is 4.74 Å². The molecule has 0 N–H and O–H groups in total. The van der Waals surface area contributed by atoms with E-state index in [1.54, 1.807) is 12.1 Å². The summed E-state index contributed by atoms with van der Waals surface area (Å²) in [6.07, 6.45) is 3.55. The lowest BCUT2D eigenvalue weighted by atomic mass is 9.97. The van der Waals surface area contributed by atoms with E-state index in [1.165, 1.54) is 0 Å². The standard InChI is InChI=1S/C17H19ClO5/c18-12-6-8-13(9-7-12)22-10-4-2-1-3-5-14(19)16-15(20)11-23-17(16)21/h6-9,16H,1-5,10-11H2. The minimum Gasteiger partial charge on any atom is -0.494 e. The fourth-order valence-electron chi connectivity index (χ4n) is 2.37. The van der Waals surface area contributed by atoms with Crippen LogP contribution in [0.5, 0.6) is 5.75 Å². The molecule has 0 bridgehead atoms. The fraction of sp³-hybridized carbons (Fsp3) is 0.471. The van der Waals surface area contributed by atoms with Gasteiger partial charge in [-0.3, -0.25) is 14.4 Å². The Labute approximate surface area is 139 Å². The quantitative estimate of drug-likeness (QED) is 0.393. The zero-order valence-corrected chi connectivity index (χ0v) is 13.5. The van der Waals surface area contributed by atoms with Gasteiger partial charge in [0.25, 0.3) is 0 Å². The average molecular weight is 339 g/mol. The molecule has 6 heteroatoms. The van der Waals surface area contributed by atoms with Crippen molar-refractivity contribution in [1.29, 1.82) is 0 Å². The molecule has 1 saturated heterocycles. The smallest absolute Gasteiger partial charge is 0.324 e. The first-order valence-corrected chi connectivity index (χ1v) is 8.06. The van der Waals surface area contributed by atoms with Crippen molar-refractivity contribution >= 4 is 29.1 Å². The van der Waals surface area contributed by atoms with Crippen molar-refractivity contribution < 1.29 is 23.9 Å². The Balaban J connectivity index is 1.54. The third-order valence-electron chi connectivity index (χ3n) is 3.64. The van der Waals surface area contributed by atoms with E-state index < -0.39 is 17.7 Å². The Morgan fingerprint density at radius 1 is 1.13 bits per heavy atom. The third-order valence-corrected chi connectivity index (χ3v) is 3.89. The number of ether oxygens (including phenoxy) is 2. The molecule has 1 aliphatic heterocycles. The number of Topliss-reactive ketones (excluding diaryl/α,β-unsaturated/α-hetero) is 2. The Morgan fingerprint density at radius 2 is 1.83 bits per heavy atom. The topological polar surface area (TPSA) is 69.7 Å². The molecule has 0 radical (unpaired) electrons. The predicted octanol–water partition coefficient (Wildman–Crippen LogP) is 2.98. The number of benzene rings is 1. The summed E-state index contributed by atoms with van der Waals surface area (Å²) in [5, 5.41) is 0.673. The van der Waals surface area contributed by atoms with Crippen LogP contribution >= 0.6 is 11.6 Å². The molecule has 0 saturated carbocycles. The van der Waals surface area contributed by atoms with Crippen molar-refractivity contribution in [2.24, 2.45) is 5.92 Å². The maximum atomic E-state index is 11.8. The Morgan fingerprint density at radius 3 is 2.48 bits per heavy atom. The van der Waals surface area contributed by atoms with E-state index in [4.69, 9.17) is 16.3 Å². The molecule has 5 nitrogen and oxygen atoms in total. The van der Waals surface area contributed by atoms with Crippen LogP contribution in [-0.2, 0) is 19.1 Å². The lowest BCUT2D eigenvalue weighted by Gasteiger charge is -2.06. The number of cyclic esters (lactones) is 1. The van der Waals surface area contributed by atoms with Crippen LogP contribution in [0.4, 0.5) is 0 Å². The Kier molecular flexibility index (Phi) is 6.59. The predicted molar refractivity (Wildman–Crippen MR) is 84.5 cm³/mol. The van der Waals surface area contributed by atoms with Gasteiger partial charge in [0.1, 0.15) is 5.75 Å². The molecule has 0 spiro atoms. The highest BCUT2D eigenvalue weighted by atomic mass is 35.5. The van der Waals surface area contributed by atoms with Gasteiger partial charge >= 0.3 is 5.97 Å². The zero-order valence-electron chi connectivity index (χ0n) is 12.8. The summed E-state index contributed by atoms with van der Waals surface area (Å²) in [7, 11) is 0. The summed E-state index contributed by atoms with van der Waals surface area (Å²) in [4.78, 5) is 34.4. The molecule has 1 unspecified atom stereocenters. The van der Waals surface area contributed by atoms with Crippen molar-refractivity contribution in [2.45, 2.75) is 32.1 Å². The Bertz CT molecular complexity index is 551. The van der Waals surface area contributed by atoms with Gasteiger partial charge in [-0.05, 0) is 37.1 Å². The van der Waals surface area contributed by atoms with Crippen molar-refractivity contribution in [1.82, 2.24) is 0 Å². The third kappa shape index (κ3) is 5.36. The van der Waals surface area contributed by atoms with E-state index in [0.717, 1.165) is 25.0 Å². The highest BCUT2D eigenvalue weighted by Gasteiger charge is 2.40. The summed E-state index contributed by atoms with van der Waals surface area (Å²) in [6, 6.07) is 7.19. The number of halogens is 1. The number of hydrogen-bond acceptors (Lipinski definition) is 5. The minimum atomic E-state index is -1.18. The first kappa shape index (κ1) is 17.5. The molecular weight excluding hydrogens is 320 g/mol. The van der Waals surface area contributed by atoms with E-state index in [1.807, 2.05) is 12.1 Å². The monoisotopic (exact) mass is 338 g/mol. The van der Waals surface area contributed by atoms with Gasteiger partial charge in [-0.1, -0.05) is 24.4 Å². The van der Waals surface area contributed by atoms with Gasteiger partial charge in [0.15, 0.2) is 24.1 Å². The Hall–Kier alpha value is -1.88. The average Bonchev–Trinajstić information content (AvgIpc) is 2.87. The van der Waals surface area contributed by atoms with Gasteiger partial charge < -0.3 is 9.47 Å². The van der Waals surface area contributed by atoms with Crippen molar-refractivity contribution in [2.75, 3.05) is 13.2 Å². The van der Waals surface area contributed by atoms with Gasteiger partial charge in [-0.15, -0.1) is 0 Å². The van der Waals surface area contributed by atoms with E-state index in [0.29, 0.717) is 18.1 Å². The van der Waals surface area contributed by atoms with Crippen molar-refractivity contribution in [3.8, 4) is 5.75 Å². The highest BCUT2D eigenvalue weighted by molar-refractivity contribution is 6.30. The number of carbonyl (C=O) groups is 3. The molecule has 0 amide bonds. The molecule has 1 heterocycles. The number of ketones is 2. The first-order chi connectivity index (χ1) is 11.1. The summed E-state index contributed by atoms with van der Waals surface area (Å²) in [6.45, 7) is 0.334. The zero-order chi connectivity index (χ0) is 16.7. The van der Waals surface area contributed by atoms with Crippen LogP contribution in [0.25, 0.3) is 0 Å². The van der Waals surface area contributed by atoms with Crippen LogP contribution in [0.15, 0.2) is 24.3 Å². The molecule has 1 aromatic carbocycles. The van der Waals surface area contributed by atoms with E-state index >= 15 is 0 Å². The SMILES string of the molecule is O=C(CCCCCCOc1ccc(Cl)cc1)C1C(=O)COC1=O. The number of hydrogen-bond donors (Lipinski definition) is 0. The molecule has 1 atom stereocenters. The summed E-state index contributed by atoms with van der Waals surface area (Å²) >= 11 is 5.79. The molecule has 0 aliphatic carbocycles. The molecule has 1 fully saturated rings. The summed E-state index contributed by atoms with van der Waals surface area (Å²) < 4.78 is 10.1. The molecule has 2 rings (SSSR count). The van der Waals surface area contributed by atoms with Gasteiger partial charge in [0.2, 0.25) is 0 Å². The second-order valence-corrected chi connectivity index (χ2v) is 5.88. The largest absolute Gasteiger partial charge is 0.494 e. The highest BCUT2D eigenvalue weighted by Crippen LogP contribution is 2.17. The second-order valence-electron chi connectivity index (χ2n) is 5.44. The van der Waals surface area contributed by atoms with Crippen LogP contribution in [-0.4, -0.2) is 30.7 Å². The van der Waals surface area contributed by atoms with E-state index in [9.17, 15) is 14.4 Å². The molecule has 23 heavy (non-hydrogen) atoms. The molecule has 124 valence electrons. The van der Waals surface area contributed by atoms with E-state index in [-0.39, 0.29) is 18.8 Å². The number of esters is 1. The molecule has 0 aromatic heterocycles.